The average Bonchev–Trinajstić information content (AvgIpc) is 3.81. The molecule has 11 heteroatoms. The molecule has 3 aromatic rings. The molecule has 236 valence electrons. The maximum Gasteiger partial charge on any atom is 0.248 e. The Bertz CT molecular complexity index is 1580. The molecule has 2 unspecified atom stereocenters. The molecule has 2 aromatic carbocycles. The molecular weight excluding hydrogens is 588 g/mol. The molecule has 0 radical (unpaired) electrons. The third kappa shape index (κ3) is 5.46. The van der Waals surface area contributed by atoms with Crippen molar-refractivity contribution in [2.24, 2.45) is 11.8 Å². The highest BCUT2D eigenvalue weighted by atomic mass is 32.2. The number of likely N-dealkylation sites (tertiary alicyclic amines) is 1. The molecule has 4 heterocycles. The molecule has 1 aromatic heterocycles. The van der Waals surface area contributed by atoms with Crippen LogP contribution in [0.5, 0.6) is 0 Å². The molecule has 3 aliphatic rings. The molecule has 0 aliphatic carbocycles. The van der Waals surface area contributed by atoms with E-state index in [1.165, 1.54) is 0 Å². The number of fused-ring (bicyclic) bond motifs is 2. The zero-order valence-electron chi connectivity index (χ0n) is 25.4. The fraction of sp³-hybridized carbons (Fsp3) is 0.441. The van der Waals surface area contributed by atoms with Crippen molar-refractivity contribution < 1.29 is 19.5 Å². The maximum absolute atomic E-state index is 14.8. The van der Waals surface area contributed by atoms with Crippen molar-refractivity contribution in [3.8, 4) is 0 Å². The van der Waals surface area contributed by atoms with E-state index in [0.29, 0.717) is 32.4 Å². The van der Waals surface area contributed by atoms with E-state index in [4.69, 9.17) is 0 Å². The maximum atomic E-state index is 14.8. The van der Waals surface area contributed by atoms with Crippen LogP contribution in [0, 0.1) is 11.8 Å². The van der Waals surface area contributed by atoms with E-state index in [1.807, 2.05) is 54.6 Å². The van der Waals surface area contributed by atoms with Gasteiger partial charge in [0.1, 0.15) is 18.2 Å². The van der Waals surface area contributed by atoms with Gasteiger partial charge in [-0.05, 0) is 56.4 Å². The third-order valence-corrected chi connectivity index (χ3v) is 11.4. The molecule has 0 saturated carbocycles. The van der Waals surface area contributed by atoms with E-state index in [1.54, 1.807) is 43.3 Å². The number of aliphatic hydroxyl groups is 1. The highest BCUT2D eigenvalue weighted by Crippen LogP contribution is 2.66. The van der Waals surface area contributed by atoms with Crippen LogP contribution in [0.15, 0.2) is 79.9 Å². The van der Waals surface area contributed by atoms with Crippen molar-refractivity contribution in [3.63, 3.8) is 0 Å². The summed E-state index contributed by atoms with van der Waals surface area (Å²) in [4.78, 5) is 48.8. The lowest BCUT2D eigenvalue weighted by atomic mass is 9.70. The lowest BCUT2D eigenvalue weighted by Gasteiger charge is -2.37. The standard InChI is InChI=1S/C34H40N6O4S/c1-3-19-37(23-40-26-16-10-9-15-25(26)35-36-40)33(44)30-34-18-17-27(45-34)28(29(34)32(43)39(30)21-11-6-12-22-41)31(42)38(20-4-2)24-13-7-5-8-14-24/h3-5,7-10,13-16,27-30,41H,1-2,6,11-12,17-23H2/t27-,28+,29+,30?,34?/m1/s1. The summed E-state index contributed by atoms with van der Waals surface area (Å²) in [5.74, 6) is -1.53. The number of anilines is 1. The van der Waals surface area contributed by atoms with Crippen molar-refractivity contribution in [3.05, 3.63) is 79.9 Å². The zero-order valence-corrected chi connectivity index (χ0v) is 26.2. The summed E-state index contributed by atoms with van der Waals surface area (Å²) in [7, 11) is 0. The number of para-hydroxylation sites is 2. The van der Waals surface area contributed by atoms with Gasteiger partial charge in [-0.25, -0.2) is 4.68 Å². The first kappa shape index (κ1) is 31.0. The van der Waals surface area contributed by atoms with E-state index in [9.17, 15) is 19.5 Å². The summed E-state index contributed by atoms with van der Waals surface area (Å²) in [5.41, 5.74) is 2.31. The predicted octanol–water partition coefficient (Wildman–Crippen LogP) is 3.88. The number of amides is 3. The second-order valence-corrected chi connectivity index (χ2v) is 13.6. The fourth-order valence-corrected chi connectivity index (χ4v) is 9.70. The molecule has 1 spiro atoms. The molecule has 3 fully saturated rings. The normalized spacial score (nSPS) is 25.0. The zero-order chi connectivity index (χ0) is 31.6. The van der Waals surface area contributed by atoms with Gasteiger partial charge in [-0.2, -0.15) is 0 Å². The number of hydrogen-bond donors (Lipinski definition) is 1. The van der Waals surface area contributed by atoms with Crippen molar-refractivity contribution in [2.45, 2.75) is 54.8 Å². The minimum atomic E-state index is -0.726. The molecular formula is C34H40N6O4S. The molecule has 1 N–H and O–H groups in total. The topological polar surface area (TPSA) is 112 Å². The summed E-state index contributed by atoms with van der Waals surface area (Å²) >= 11 is 1.67. The molecule has 3 amide bonds. The first-order valence-corrected chi connectivity index (χ1v) is 16.6. The van der Waals surface area contributed by atoms with Crippen LogP contribution in [0.3, 0.4) is 0 Å². The van der Waals surface area contributed by atoms with Gasteiger partial charge in [-0.15, -0.1) is 30.0 Å². The molecule has 5 atom stereocenters. The van der Waals surface area contributed by atoms with Crippen LogP contribution in [0.25, 0.3) is 11.0 Å². The predicted molar refractivity (Wildman–Crippen MR) is 175 cm³/mol. The number of nitrogens with zero attached hydrogens (tertiary/aromatic N) is 6. The number of carbonyl (C=O) groups is 3. The number of benzene rings is 2. The Morgan fingerprint density at radius 3 is 2.53 bits per heavy atom. The largest absolute Gasteiger partial charge is 0.396 e. The molecule has 2 bridgehead atoms. The van der Waals surface area contributed by atoms with E-state index in [-0.39, 0.29) is 42.8 Å². The van der Waals surface area contributed by atoms with Gasteiger partial charge >= 0.3 is 0 Å². The van der Waals surface area contributed by atoms with Crippen LogP contribution >= 0.6 is 11.8 Å². The average molecular weight is 629 g/mol. The van der Waals surface area contributed by atoms with Crippen molar-refractivity contribution >= 4 is 46.2 Å². The van der Waals surface area contributed by atoms with Gasteiger partial charge in [-0.3, -0.25) is 14.4 Å². The number of unbranched alkanes of at least 4 members (excludes halogenated alkanes) is 2. The quantitative estimate of drug-likeness (QED) is 0.213. The van der Waals surface area contributed by atoms with Crippen LogP contribution in [0.2, 0.25) is 0 Å². The van der Waals surface area contributed by atoms with Gasteiger partial charge in [0.2, 0.25) is 17.7 Å². The van der Waals surface area contributed by atoms with Gasteiger partial charge in [0.15, 0.2) is 0 Å². The van der Waals surface area contributed by atoms with Crippen LogP contribution < -0.4 is 4.90 Å². The first-order valence-electron chi connectivity index (χ1n) is 15.7. The number of aromatic nitrogens is 3. The highest BCUT2D eigenvalue weighted by molar-refractivity contribution is 8.02. The Kier molecular flexibility index (Phi) is 9.09. The summed E-state index contributed by atoms with van der Waals surface area (Å²) < 4.78 is 0.989. The van der Waals surface area contributed by atoms with Crippen molar-refractivity contribution in [1.29, 1.82) is 0 Å². The van der Waals surface area contributed by atoms with Crippen molar-refractivity contribution in [2.75, 3.05) is 31.1 Å². The second-order valence-electron chi connectivity index (χ2n) is 12.0. The third-order valence-electron chi connectivity index (χ3n) is 9.41. The van der Waals surface area contributed by atoms with Gasteiger partial charge < -0.3 is 19.8 Å². The summed E-state index contributed by atoms with van der Waals surface area (Å²) in [6.45, 7) is 9.03. The second kappa shape index (κ2) is 13.2. The molecule has 3 aliphatic heterocycles. The monoisotopic (exact) mass is 628 g/mol. The minimum absolute atomic E-state index is 0.0542. The number of aliphatic hydroxyl groups excluding tert-OH is 1. The van der Waals surface area contributed by atoms with Crippen LogP contribution in [-0.4, -0.2) is 89.9 Å². The molecule has 45 heavy (non-hydrogen) atoms. The smallest absolute Gasteiger partial charge is 0.248 e. The molecule has 3 saturated heterocycles. The Labute approximate surface area is 267 Å². The first-order chi connectivity index (χ1) is 21.9. The molecule has 6 rings (SSSR count). The van der Waals surface area contributed by atoms with Crippen LogP contribution in [0.4, 0.5) is 5.69 Å². The summed E-state index contributed by atoms with van der Waals surface area (Å²) in [6.07, 6.45) is 6.87. The Morgan fingerprint density at radius 2 is 1.78 bits per heavy atom. The van der Waals surface area contributed by atoms with Gasteiger partial charge in [-0.1, -0.05) is 47.7 Å². The van der Waals surface area contributed by atoms with Crippen LogP contribution in [0.1, 0.15) is 32.1 Å². The lowest BCUT2D eigenvalue weighted by Crippen LogP contribution is -2.55. The van der Waals surface area contributed by atoms with Gasteiger partial charge in [0.05, 0.1) is 22.1 Å². The number of hydrogen-bond acceptors (Lipinski definition) is 7. The SMILES string of the molecule is C=CCN(Cn1nnc2ccccc21)C(=O)C1N(CCCCCO)C(=O)[C@@H]2[C@@H](C(=O)N(CC=C)c3ccccc3)[C@H]3CCC12S3. The van der Waals surface area contributed by atoms with E-state index in [0.717, 1.165) is 29.6 Å². The fourth-order valence-electron chi connectivity index (χ4n) is 7.49. The van der Waals surface area contributed by atoms with Crippen molar-refractivity contribution in [1.82, 2.24) is 24.8 Å². The van der Waals surface area contributed by atoms with Gasteiger partial charge in [0, 0.05) is 37.2 Å². The van der Waals surface area contributed by atoms with E-state index < -0.39 is 22.6 Å². The number of carbonyl (C=O) groups excluding carboxylic acids is 3. The summed E-state index contributed by atoms with van der Waals surface area (Å²) in [5, 5.41) is 17.9. The summed E-state index contributed by atoms with van der Waals surface area (Å²) in [6, 6.07) is 16.4. The number of thioether (sulfide) groups is 1. The minimum Gasteiger partial charge on any atom is -0.396 e. The Hall–Kier alpha value is -3.96. The Morgan fingerprint density at radius 1 is 1.02 bits per heavy atom. The van der Waals surface area contributed by atoms with Crippen LogP contribution in [-0.2, 0) is 21.1 Å². The Balaban J connectivity index is 1.35. The lowest BCUT2D eigenvalue weighted by molar-refractivity contribution is -0.143. The molecule has 10 nitrogen and oxygen atoms in total. The van der Waals surface area contributed by atoms with E-state index >= 15 is 0 Å². The van der Waals surface area contributed by atoms with Gasteiger partial charge in [0.25, 0.3) is 0 Å². The van der Waals surface area contributed by atoms with E-state index in [2.05, 4.69) is 23.5 Å². The number of rotatable bonds is 14. The highest BCUT2D eigenvalue weighted by Gasteiger charge is 2.74.